The number of nitrogens with zero attached hydrogens (tertiary/aromatic N) is 2. The maximum Gasteiger partial charge on any atom is 0.352 e. The quantitative estimate of drug-likeness (QED) is 0.129. The van der Waals surface area contributed by atoms with Crippen LogP contribution in [0.15, 0.2) is 126 Å². The molecule has 12 nitrogen and oxygen atoms in total. The van der Waals surface area contributed by atoms with Crippen LogP contribution in [0.1, 0.15) is 39.9 Å². The molecule has 3 heterocycles. The van der Waals surface area contributed by atoms with Gasteiger partial charge in [-0.1, -0.05) is 84.9 Å². The highest BCUT2D eigenvalue weighted by atomic mass is 16.7. The molecule has 7 rings (SSSR count). The van der Waals surface area contributed by atoms with Crippen molar-refractivity contribution in [2.24, 2.45) is 0 Å². The molecule has 1 unspecified atom stereocenters. The van der Waals surface area contributed by atoms with Crippen molar-refractivity contribution in [3.05, 3.63) is 154 Å². The molecule has 2 saturated heterocycles. The molecule has 0 bridgehead atoms. The first kappa shape index (κ1) is 36.0. The number of methoxy groups -OCH3 is 2. The van der Waals surface area contributed by atoms with Gasteiger partial charge in [-0.15, -0.1) is 0 Å². The largest absolute Gasteiger partial charge is 0.497 e. The maximum absolute atomic E-state index is 14.8. The fraction of sp³-hybridized carbons (Fsp3) is 0.293. The molecular formula is C41H41N3O9. The average Bonchev–Trinajstić information content (AvgIpc) is 3.82. The van der Waals surface area contributed by atoms with Crippen LogP contribution in [0.3, 0.4) is 0 Å². The molecule has 53 heavy (non-hydrogen) atoms. The number of Topliss-reactive ketones (excluding diaryl/α,β-unsaturated/α-hetero) is 1. The molecule has 5 atom stereocenters. The third-order valence-electron chi connectivity index (χ3n) is 9.78. The third-order valence-corrected chi connectivity index (χ3v) is 9.78. The van der Waals surface area contributed by atoms with E-state index in [1.54, 1.807) is 44.6 Å². The normalized spacial score (nSPS) is 22.8. The number of aliphatic hydroxyl groups excluding tert-OH is 1. The number of nitrogen functional groups attached to an aromatic ring is 1. The second kappa shape index (κ2) is 15.3. The molecule has 0 radical (unpaired) electrons. The van der Waals surface area contributed by atoms with E-state index in [1.165, 1.54) is 12.3 Å². The van der Waals surface area contributed by atoms with E-state index >= 15 is 0 Å². The van der Waals surface area contributed by atoms with Crippen molar-refractivity contribution in [1.82, 2.24) is 9.55 Å². The zero-order valence-corrected chi connectivity index (χ0v) is 29.4. The maximum atomic E-state index is 14.8. The van der Waals surface area contributed by atoms with E-state index in [0.29, 0.717) is 30.9 Å². The van der Waals surface area contributed by atoms with Crippen molar-refractivity contribution in [2.45, 2.75) is 48.8 Å². The van der Waals surface area contributed by atoms with Crippen LogP contribution in [0.4, 0.5) is 5.82 Å². The Morgan fingerprint density at radius 1 is 0.887 bits per heavy atom. The number of rotatable bonds is 13. The van der Waals surface area contributed by atoms with E-state index in [9.17, 15) is 14.7 Å². The summed E-state index contributed by atoms with van der Waals surface area (Å²) in [5.74, 6) is 0.632. The summed E-state index contributed by atoms with van der Waals surface area (Å²) in [6.45, 7) is 0.174. The van der Waals surface area contributed by atoms with Gasteiger partial charge in [0.2, 0.25) is 11.5 Å². The molecule has 2 fully saturated rings. The Kier molecular flexibility index (Phi) is 10.4. The number of carbonyl (C=O) groups is 1. The molecule has 4 aromatic carbocycles. The number of ether oxygens (including phenoxy) is 6. The monoisotopic (exact) mass is 719 g/mol. The van der Waals surface area contributed by atoms with E-state index in [0.717, 1.165) is 21.3 Å². The zero-order chi connectivity index (χ0) is 37.0. The van der Waals surface area contributed by atoms with Crippen molar-refractivity contribution < 1.29 is 38.3 Å². The minimum Gasteiger partial charge on any atom is -0.497 e. The zero-order valence-electron chi connectivity index (χ0n) is 29.4. The lowest BCUT2D eigenvalue weighted by molar-refractivity contribution is -0.204. The molecule has 0 aliphatic carbocycles. The molecule has 0 saturated carbocycles. The van der Waals surface area contributed by atoms with Gasteiger partial charge in [-0.3, -0.25) is 9.36 Å². The molecule has 0 spiro atoms. The van der Waals surface area contributed by atoms with Gasteiger partial charge in [0, 0.05) is 24.8 Å². The van der Waals surface area contributed by atoms with Crippen LogP contribution in [0.5, 0.6) is 11.5 Å². The Morgan fingerprint density at radius 3 is 2.02 bits per heavy atom. The molecule has 12 heteroatoms. The number of anilines is 1. The Balaban J connectivity index is 1.37. The van der Waals surface area contributed by atoms with Gasteiger partial charge in [0.25, 0.3) is 0 Å². The number of aromatic nitrogens is 2. The Bertz CT molecular complexity index is 2010. The number of nitrogens with two attached hydrogens (primary N) is 1. The molecule has 5 aromatic rings. The highest BCUT2D eigenvalue weighted by Crippen LogP contribution is 2.45. The molecule has 3 N–H and O–H groups in total. The van der Waals surface area contributed by atoms with Gasteiger partial charge in [-0.05, 0) is 53.4 Å². The van der Waals surface area contributed by atoms with Gasteiger partial charge in [0.1, 0.15) is 41.2 Å². The van der Waals surface area contributed by atoms with Gasteiger partial charge < -0.3 is 39.3 Å². The lowest BCUT2D eigenvalue weighted by atomic mass is 9.80. The number of ketones is 1. The van der Waals surface area contributed by atoms with Crippen LogP contribution in [0, 0.1) is 0 Å². The summed E-state index contributed by atoms with van der Waals surface area (Å²) >= 11 is 0. The molecule has 1 aromatic heterocycles. The number of carbonyl (C=O) groups excluding carboxylic acids is 1. The van der Waals surface area contributed by atoms with Gasteiger partial charge in [0.15, 0.2) is 6.29 Å². The summed E-state index contributed by atoms with van der Waals surface area (Å²) in [5, 5.41) is 12.3. The van der Waals surface area contributed by atoms with Gasteiger partial charge in [-0.25, -0.2) is 4.79 Å². The standard InChI is InChI=1S/C41H41N3O9/c1-48-31-19-15-29(16-20-31)40(28-12-7-4-8-13-28,30-17-21-32(49-2)22-18-30)51-26-33-36(45)38(52-35-14-9-25-50-35)41(53-33,37(46)27-10-5-3-6-11-27)44-24-23-34(42)43-39(44)47/h3-8,10-13,15-24,33,35-36,38,45H,9,14,25-26H2,1-2H3,(H2,42,43,47)/t33-,35?,36-,38-,41-/m1/s1. The Hall–Kier alpha value is -5.37. The second-order valence-electron chi connectivity index (χ2n) is 12.9. The smallest absolute Gasteiger partial charge is 0.352 e. The molecule has 0 amide bonds. The fourth-order valence-corrected chi connectivity index (χ4v) is 7.15. The van der Waals surface area contributed by atoms with Crippen LogP contribution >= 0.6 is 0 Å². The molecule has 274 valence electrons. The third kappa shape index (κ3) is 6.71. The number of benzene rings is 4. The van der Waals surface area contributed by atoms with Gasteiger partial charge in [-0.2, -0.15) is 4.98 Å². The lowest BCUT2D eigenvalue weighted by Crippen LogP contribution is -2.57. The minimum atomic E-state index is -2.23. The molecule has 2 aliphatic rings. The van der Waals surface area contributed by atoms with Crippen LogP contribution in [0.2, 0.25) is 0 Å². The van der Waals surface area contributed by atoms with E-state index < -0.39 is 47.4 Å². The van der Waals surface area contributed by atoms with E-state index in [2.05, 4.69) is 4.98 Å². The van der Waals surface area contributed by atoms with Crippen LogP contribution in [0.25, 0.3) is 0 Å². The van der Waals surface area contributed by atoms with E-state index in [4.69, 9.17) is 34.2 Å². The van der Waals surface area contributed by atoms with Crippen LogP contribution in [-0.4, -0.2) is 72.5 Å². The Labute approximate surface area is 306 Å². The summed E-state index contributed by atoms with van der Waals surface area (Å²) in [5.41, 5.74) is 4.02. The van der Waals surface area contributed by atoms with Crippen molar-refractivity contribution >= 4 is 11.6 Å². The topological polar surface area (TPSA) is 154 Å². The van der Waals surface area contributed by atoms with Crippen LogP contribution in [-0.2, 0) is 30.3 Å². The fourth-order valence-electron chi connectivity index (χ4n) is 7.15. The van der Waals surface area contributed by atoms with Crippen molar-refractivity contribution in [3.63, 3.8) is 0 Å². The first-order chi connectivity index (χ1) is 25.8. The number of hydrogen-bond acceptors (Lipinski definition) is 11. The lowest BCUT2D eigenvalue weighted by Gasteiger charge is -2.37. The highest BCUT2D eigenvalue weighted by Gasteiger charge is 2.63. The van der Waals surface area contributed by atoms with Crippen LogP contribution < -0.4 is 20.9 Å². The first-order valence-corrected chi connectivity index (χ1v) is 17.4. The summed E-state index contributed by atoms with van der Waals surface area (Å²) in [7, 11) is 3.19. The van der Waals surface area contributed by atoms with E-state index in [1.807, 2.05) is 78.9 Å². The highest BCUT2D eigenvalue weighted by molar-refractivity contribution is 6.01. The minimum absolute atomic E-state index is 0.0461. The van der Waals surface area contributed by atoms with Crippen molar-refractivity contribution in [3.8, 4) is 11.5 Å². The average molecular weight is 720 g/mol. The predicted molar refractivity (Wildman–Crippen MR) is 195 cm³/mol. The van der Waals surface area contributed by atoms with Crippen molar-refractivity contribution in [1.29, 1.82) is 0 Å². The second-order valence-corrected chi connectivity index (χ2v) is 12.9. The van der Waals surface area contributed by atoms with E-state index in [-0.39, 0.29) is 18.0 Å². The number of aliphatic hydroxyl groups is 1. The summed E-state index contributed by atoms with van der Waals surface area (Å²) < 4.78 is 38.0. The Morgan fingerprint density at radius 2 is 1.47 bits per heavy atom. The van der Waals surface area contributed by atoms with Gasteiger partial charge in [0.05, 0.1) is 20.8 Å². The SMILES string of the molecule is COc1ccc(C(OC[C@H]2O[C@@](C(=O)c3ccccc3)(n3ccc(N)nc3=O)[C@H](OC3CCCO3)[C@@H]2O)(c2ccccc2)c2ccc(OC)cc2)cc1. The summed E-state index contributed by atoms with van der Waals surface area (Å²) in [4.78, 5) is 32.4. The number of hydrogen-bond donors (Lipinski definition) is 2. The molecule has 2 aliphatic heterocycles. The van der Waals surface area contributed by atoms with Gasteiger partial charge >= 0.3 is 5.69 Å². The first-order valence-electron chi connectivity index (χ1n) is 17.4. The van der Waals surface area contributed by atoms with Crippen molar-refractivity contribution in [2.75, 3.05) is 33.2 Å². The molecular weight excluding hydrogens is 678 g/mol. The predicted octanol–water partition coefficient (Wildman–Crippen LogP) is 4.67. The summed E-state index contributed by atoms with van der Waals surface area (Å²) in [6.07, 6.45) is -2.33. The summed E-state index contributed by atoms with van der Waals surface area (Å²) in [6, 6.07) is 34.4.